The minimum Gasteiger partial charge on any atom is -0.496 e. The molecular weight excluding hydrogens is 204 g/mol. The van der Waals surface area contributed by atoms with E-state index >= 15 is 0 Å². The molecule has 0 N–H and O–H groups in total. The summed E-state index contributed by atoms with van der Waals surface area (Å²) in [5.74, 6) is 0.860. The first-order chi connectivity index (χ1) is 7.67. The van der Waals surface area contributed by atoms with Crippen LogP contribution in [0.2, 0.25) is 0 Å². The third-order valence-electron chi connectivity index (χ3n) is 2.15. The predicted molar refractivity (Wildman–Crippen MR) is 63.2 cm³/mol. The molecule has 0 aromatic heterocycles. The van der Waals surface area contributed by atoms with Crippen LogP contribution < -0.4 is 4.74 Å². The third-order valence-corrected chi connectivity index (χ3v) is 2.15. The topological polar surface area (TPSA) is 61.2 Å². The van der Waals surface area contributed by atoms with E-state index in [0.29, 0.717) is 6.54 Å². The fraction of sp³-hybridized carbons (Fsp3) is 0.455. The van der Waals surface area contributed by atoms with Crippen LogP contribution in [0.5, 0.6) is 5.75 Å². The second-order valence-electron chi connectivity index (χ2n) is 3.77. The lowest BCUT2D eigenvalue weighted by Crippen LogP contribution is -2.11. The molecule has 0 saturated heterocycles. The van der Waals surface area contributed by atoms with Gasteiger partial charge in [0, 0.05) is 17.0 Å². The summed E-state index contributed by atoms with van der Waals surface area (Å²) in [6, 6.07) is 5.82. The average molecular weight is 220 g/mol. The molecular formula is C11H16N4O. The highest BCUT2D eigenvalue weighted by Gasteiger charge is 2.05. The number of rotatable bonds is 5. The minimum atomic E-state index is 0.376. The van der Waals surface area contributed by atoms with E-state index in [2.05, 4.69) is 14.9 Å². The molecule has 0 spiro atoms. The fourth-order valence-electron chi connectivity index (χ4n) is 1.51. The van der Waals surface area contributed by atoms with Gasteiger partial charge in [0.25, 0.3) is 0 Å². The molecule has 0 bridgehead atoms. The van der Waals surface area contributed by atoms with Crippen LogP contribution in [-0.4, -0.2) is 26.1 Å². The van der Waals surface area contributed by atoms with Crippen LogP contribution in [0.1, 0.15) is 11.1 Å². The number of nitrogens with zero attached hydrogens (tertiary/aromatic N) is 4. The van der Waals surface area contributed by atoms with Crippen molar-refractivity contribution in [3.8, 4) is 5.75 Å². The maximum Gasteiger partial charge on any atom is 0.123 e. The molecule has 16 heavy (non-hydrogen) atoms. The number of hydrogen-bond acceptors (Lipinski definition) is 3. The summed E-state index contributed by atoms with van der Waals surface area (Å²) in [6.45, 7) is 1.17. The molecule has 0 unspecified atom stereocenters. The Hall–Kier alpha value is -1.71. The summed E-state index contributed by atoms with van der Waals surface area (Å²) in [5.41, 5.74) is 10.4. The molecule has 0 aliphatic heterocycles. The van der Waals surface area contributed by atoms with Gasteiger partial charge >= 0.3 is 0 Å². The van der Waals surface area contributed by atoms with Crippen molar-refractivity contribution < 1.29 is 4.74 Å². The van der Waals surface area contributed by atoms with Crippen molar-refractivity contribution in [3.05, 3.63) is 39.8 Å². The molecule has 0 amide bonds. The van der Waals surface area contributed by atoms with Gasteiger partial charge < -0.3 is 9.64 Å². The lowest BCUT2D eigenvalue weighted by molar-refractivity contribution is 0.371. The van der Waals surface area contributed by atoms with Gasteiger partial charge in [-0.1, -0.05) is 17.2 Å². The molecule has 0 aliphatic rings. The molecule has 1 rings (SSSR count). The number of ether oxygens (including phenoxy) is 1. The standard InChI is InChI=1S/C11H16N4O/c1-15(2)8-10-6-9(7-13-14-12)4-5-11(10)16-3/h4-6H,7-8H2,1-3H3. The van der Waals surface area contributed by atoms with Gasteiger partial charge in [-0.2, -0.15) is 0 Å². The summed E-state index contributed by atoms with van der Waals surface area (Å²) in [4.78, 5) is 4.81. The fourth-order valence-corrected chi connectivity index (χ4v) is 1.51. The summed E-state index contributed by atoms with van der Waals surface area (Å²) < 4.78 is 5.28. The lowest BCUT2D eigenvalue weighted by atomic mass is 10.1. The molecule has 0 fully saturated rings. The van der Waals surface area contributed by atoms with Crippen molar-refractivity contribution in [2.75, 3.05) is 21.2 Å². The zero-order valence-electron chi connectivity index (χ0n) is 9.84. The van der Waals surface area contributed by atoms with E-state index in [1.54, 1.807) is 7.11 Å². The van der Waals surface area contributed by atoms with Crippen molar-refractivity contribution in [2.45, 2.75) is 13.1 Å². The molecule has 0 saturated carbocycles. The lowest BCUT2D eigenvalue weighted by Gasteiger charge is -2.14. The molecule has 0 heterocycles. The Kier molecular flexibility index (Phi) is 4.64. The van der Waals surface area contributed by atoms with Crippen LogP contribution in [0, 0.1) is 0 Å². The van der Waals surface area contributed by atoms with Crippen molar-refractivity contribution in [3.63, 3.8) is 0 Å². The largest absolute Gasteiger partial charge is 0.496 e. The Bertz CT molecular complexity index is 397. The van der Waals surface area contributed by atoms with E-state index in [1.165, 1.54) is 0 Å². The van der Waals surface area contributed by atoms with Crippen LogP contribution in [0.4, 0.5) is 0 Å². The van der Waals surface area contributed by atoms with Crippen molar-refractivity contribution in [2.24, 2.45) is 5.11 Å². The SMILES string of the molecule is COc1ccc(CN=[N+]=[N-])cc1CN(C)C. The van der Waals surface area contributed by atoms with Crippen molar-refractivity contribution in [1.82, 2.24) is 4.90 Å². The van der Waals surface area contributed by atoms with Crippen LogP contribution in [0.3, 0.4) is 0 Å². The molecule has 1 aromatic carbocycles. The molecule has 0 radical (unpaired) electrons. The molecule has 0 atom stereocenters. The van der Waals surface area contributed by atoms with E-state index in [0.717, 1.165) is 23.4 Å². The quantitative estimate of drug-likeness (QED) is 0.435. The van der Waals surface area contributed by atoms with Crippen molar-refractivity contribution in [1.29, 1.82) is 0 Å². The first kappa shape index (κ1) is 12.4. The van der Waals surface area contributed by atoms with E-state index in [9.17, 15) is 0 Å². The smallest absolute Gasteiger partial charge is 0.123 e. The molecule has 5 heteroatoms. The zero-order valence-corrected chi connectivity index (χ0v) is 9.84. The summed E-state index contributed by atoms with van der Waals surface area (Å²) >= 11 is 0. The Balaban J connectivity index is 2.95. The second kappa shape index (κ2) is 6.00. The van der Waals surface area contributed by atoms with E-state index < -0.39 is 0 Å². The molecule has 0 aliphatic carbocycles. The highest BCUT2D eigenvalue weighted by molar-refractivity contribution is 5.37. The van der Waals surface area contributed by atoms with E-state index in [-0.39, 0.29) is 0 Å². The average Bonchev–Trinajstić information content (AvgIpc) is 2.26. The highest BCUT2D eigenvalue weighted by atomic mass is 16.5. The monoisotopic (exact) mass is 220 g/mol. The van der Waals surface area contributed by atoms with Gasteiger partial charge in [-0.05, 0) is 31.3 Å². The summed E-state index contributed by atoms with van der Waals surface area (Å²) in [6.07, 6.45) is 0. The molecule has 86 valence electrons. The zero-order chi connectivity index (χ0) is 12.0. The first-order valence-corrected chi connectivity index (χ1v) is 4.98. The maximum absolute atomic E-state index is 8.27. The normalized spacial score (nSPS) is 10.0. The number of azide groups is 1. The van der Waals surface area contributed by atoms with Gasteiger partial charge in [0.1, 0.15) is 5.75 Å². The Morgan fingerprint density at radius 1 is 1.44 bits per heavy atom. The maximum atomic E-state index is 8.27. The Morgan fingerprint density at radius 3 is 2.75 bits per heavy atom. The van der Waals surface area contributed by atoms with Gasteiger partial charge in [-0.25, -0.2) is 0 Å². The van der Waals surface area contributed by atoms with Crippen LogP contribution >= 0.6 is 0 Å². The van der Waals surface area contributed by atoms with Crippen LogP contribution in [0.15, 0.2) is 23.3 Å². The van der Waals surface area contributed by atoms with E-state index in [1.807, 2.05) is 32.3 Å². The third kappa shape index (κ3) is 3.46. The van der Waals surface area contributed by atoms with Crippen LogP contribution in [-0.2, 0) is 13.1 Å². The van der Waals surface area contributed by atoms with Gasteiger partial charge in [0.2, 0.25) is 0 Å². The van der Waals surface area contributed by atoms with Gasteiger partial charge in [0.05, 0.1) is 13.7 Å². The first-order valence-electron chi connectivity index (χ1n) is 4.98. The Labute approximate surface area is 95.3 Å². The predicted octanol–water partition coefficient (Wildman–Crippen LogP) is 2.57. The van der Waals surface area contributed by atoms with Gasteiger partial charge in [0.15, 0.2) is 0 Å². The van der Waals surface area contributed by atoms with Gasteiger partial charge in [-0.15, -0.1) is 0 Å². The number of hydrogen-bond donors (Lipinski definition) is 0. The van der Waals surface area contributed by atoms with Crippen molar-refractivity contribution >= 4 is 0 Å². The minimum absolute atomic E-state index is 0.376. The number of benzene rings is 1. The number of methoxy groups -OCH3 is 1. The summed E-state index contributed by atoms with van der Waals surface area (Å²) in [5, 5.41) is 3.54. The van der Waals surface area contributed by atoms with E-state index in [4.69, 9.17) is 10.3 Å². The summed E-state index contributed by atoms with van der Waals surface area (Å²) in [7, 11) is 5.65. The molecule has 1 aromatic rings. The molecule has 5 nitrogen and oxygen atoms in total. The highest BCUT2D eigenvalue weighted by Crippen LogP contribution is 2.21. The second-order valence-corrected chi connectivity index (χ2v) is 3.77. The Morgan fingerprint density at radius 2 is 2.19 bits per heavy atom. The van der Waals surface area contributed by atoms with Gasteiger partial charge in [-0.3, -0.25) is 0 Å². The van der Waals surface area contributed by atoms with Crippen LogP contribution in [0.25, 0.3) is 10.4 Å².